The molecule has 0 unspecified atom stereocenters. The molecule has 43 heavy (non-hydrogen) atoms. The summed E-state index contributed by atoms with van der Waals surface area (Å²) in [5, 5.41) is 9.08. The lowest BCUT2D eigenvalue weighted by Gasteiger charge is -2.28. The Morgan fingerprint density at radius 3 is 2.42 bits per heavy atom. The van der Waals surface area contributed by atoms with Gasteiger partial charge in [-0.15, -0.1) is 0 Å². The Labute approximate surface area is 254 Å². The minimum absolute atomic E-state index is 0.293. The van der Waals surface area contributed by atoms with E-state index in [4.69, 9.17) is 40.5 Å². The molecule has 14 heteroatoms. The first-order chi connectivity index (χ1) is 20.9. The van der Waals surface area contributed by atoms with Gasteiger partial charge in [0.2, 0.25) is 5.95 Å². The summed E-state index contributed by atoms with van der Waals surface area (Å²) in [6.45, 7) is 8.54. The fourth-order valence-corrected chi connectivity index (χ4v) is 5.28. The van der Waals surface area contributed by atoms with Crippen molar-refractivity contribution in [2.45, 2.75) is 6.92 Å². The van der Waals surface area contributed by atoms with E-state index in [9.17, 15) is 9.59 Å². The highest BCUT2D eigenvalue weighted by molar-refractivity contribution is 6.31. The molecule has 3 aromatic rings. The van der Waals surface area contributed by atoms with Gasteiger partial charge in [-0.05, 0) is 31.2 Å². The Morgan fingerprint density at radius 1 is 1.00 bits per heavy atom. The van der Waals surface area contributed by atoms with Gasteiger partial charge >= 0.3 is 6.03 Å². The van der Waals surface area contributed by atoms with Gasteiger partial charge in [0.1, 0.15) is 12.4 Å². The van der Waals surface area contributed by atoms with Gasteiger partial charge in [-0.25, -0.2) is 9.78 Å². The molecule has 3 amide bonds. The van der Waals surface area contributed by atoms with E-state index in [-0.39, 0.29) is 5.91 Å². The van der Waals surface area contributed by atoms with E-state index in [0.29, 0.717) is 96.6 Å². The van der Waals surface area contributed by atoms with Gasteiger partial charge in [0.05, 0.1) is 39.1 Å². The maximum Gasteiger partial charge on any atom is 0.324 e. The topological polar surface area (TPSA) is 139 Å². The first-order valence-electron chi connectivity index (χ1n) is 14.1. The second-order valence-corrected chi connectivity index (χ2v) is 10.5. The molecule has 2 aliphatic heterocycles. The zero-order chi connectivity index (χ0) is 30.3. The van der Waals surface area contributed by atoms with E-state index < -0.39 is 6.03 Å². The SMILES string of the molecule is CNC(=O)c1cc(Cl)cc(NC(=O)Nc2nc(N3CCOCC3)nc3c(C)c(OC)c(OCCN4CCOCC4)cc23)c1. The van der Waals surface area contributed by atoms with Crippen LogP contribution in [0.3, 0.4) is 0 Å². The Balaban J connectivity index is 1.47. The number of amides is 3. The molecule has 0 radical (unpaired) electrons. The first-order valence-corrected chi connectivity index (χ1v) is 14.5. The zero-order valence-electron chi connectivity index (χ0n) is 24.5. The molecule has 2 fully saturated rings. The summed E-state index contributed by atoms with van der Waals surface area (Å²) in [7, 11) is 3.12. The molecule has 230 valence electrons. The van der Waals surface area contributed by atoms with Crippen LogP contribution in [0.5, 0.6) is 11.5 Å². The molecule has 13 nitrogen and oxygen atoms in total. The van der Waals surface area contributed by atoms with Crippen molar-refractivity contribution < 1.29 is 28.5 Å². The van der Waals surface area contributed by atoms with Gasteiger partial charge in [0.25, 0.3) is 5.91 Å². The standard InChI is InChI=1S/C29H36ClN7O6/c1-18-24-22(17-23(25(18)40-3)43-13-6-36-4-9-41-10-5-36)26(34-28(33-24)37-7-11-42-12-8-37)35-29(39)32-21-15-19(27(38)31-2)14-20(30)16-21/h14-17H,4-13H2,1-3H3,(H,31,38)(H2,32,33,34,35,39). The highest BCUT2D eigenvalue weighted by atomic mass is 35.5. The minimum Gasteiger partial charge on any atom is -0.493 e. The maximum atomic E-state index is 13.3. The number of nitrogens with zero attached hydrogens (tertiary/aromatic N) is 4. The van der Waals surface area contributed by atoms with Crippen LogP contribution in [0.1, 0.15) is 15.9 Å². The maximum absolute atomic E-state index is 13.3. The number of fused-ring (bicyclic) bond motifs is 1. The predicted octanol–water partition coefficient (Wildman–Crippen LogP) is 3.15. The molecule has 3 heterocycles. The van der Waals surface area contributed by atoms with Crippen molar-refractivity contribution in [1.29, 1.82) is 0 Å². The second kappa shape index (κ2) is 14.0. The van der Waals surface area contributed by atoms with Gasteiger partial charge in [0.15, 0.2) is 11.5 Å². The van der Waals surface area contributed by atoms with E-state index in [1.807, 2.05) is 11.8 Å². The quantitative estimate of drug-likeness (QED) is 0.330. The molecule has 0 bridgehead atoms. The lowest BCUT2D eigenvalue weighted by Crippen LogP contribution is -2.38. The lowest BCUT2D eigenvalue weighted by molar-refractivity contribution is 0.0321. The van der Waals surface area contributed by atoms with Crippen molar-refractivity contribution in [2.75, 3.05) is 95.4 Å². The third-order valence-electron chi connectivity index (χ3n) is 7.27. The summed E-state index contributed by atoms with van der Waals surface area (Å²) < 4.78 is 22.9. The number of nitrogens with one attached hydrogen (secondary N) is 3. The monoisotopic (exact) mass is 613 g/mol. The van der Waals surface area contributed by atoms with Crippen LogP contribution in [-0.2, 0) is 9.47 Å². The molecule has 0 saturated carbocycles. The van der Waals surface area contributed by atoms with E-state index >= 15 is 0 Å². The van der Waals surface area contributed by atoms with Crippen LogP contribution in [0.25, 0.3) is 10.9 Å². The molecule has 3 N–H and O–H groups in total. The van der Waals surface area contributed by atoms with Crippen molar-refractivity contribution in [3.8, 4) is 11.5 Å². The normalized spacial score (nSPS) is 15.7. The highest BCUT2D eigenvalue weighted by Gasteiger charge is 2.23. The second-order valence-electron chi connectivity index (χ2n) is 10.1. The van der Waals surface area contributed by atoms with Crippen molar-refractivity contribution in [3.63, 3.8) is 0 Å². The average Bonchev–Trinajstić information content (AvgIpc) is 3.01. The number of aromatic nitrogens is 2. The molecule has 0 atom stereocenters. The Morgan fingerprint density at radius 2 is 1.72 bits per heavy atom. The molecular weight excluding hydrogens is 578 g/mol. The van der Waals surface area contributed by atoms with Crippen LogP contribution in [0, 0.1) is 6.92 Å². The number of urea groups is 1. The number of hydrogen-bond donors (Lipinski definition) is 3. The summed E-state index contributed by atoms with van der Waals surface area (Å²) >= 11 is 6.21. The van der Waals surface area contributed by atoms with E-state index in [1.54, 1.807) is 19.2 Å². The first kappa shape index (κ1) is 30.5. The van der Waals surface area contributed by atoms with E-state index in [2.05, 4.69) is 20.9 Å². The van der Waals surface area contributed by atoms with Crippen LogP contribution in [0.15, 0.2) is 24.3 Å². The predicted molar refractivity (Wildman–Crippen MR) is 164 cm³/mol. The van der Waals surface area contributed by atoms with E-state index in [1.165, 1.54) is 19.2 Å². The van der Waals surface area contributed by atoms with Crippen LogP contribution < -0.4 is 30.3 Å². The number of hydrogen-bond acceptors (Lipinski definition) is 10. The van der Waals surface area contributed by atoms with Gasteiger partial charge in [-0.3, -0.25) is 15.0 Å². The fourth-order valence-electron chi connectivity index (χ4n) is 5.05. The van der Waals surface area contributed by atoms with Crippen LogP contribution >= 0.6 is 11.6 Å². The number of methoxy groups -OCH3 is 1. The van der Waals surface area contributed by atoms with Crippen molar-refractivity contribution in [2.24, 2.45) is 0 Å². The zero-order valence-corrected chi connectivity index (χ0v) is 25.3. The van der Waals surface area contributed by atoms with Crippen molar-refractivity contribution >= 4 is 51.9 Å². The number of anilines is 3. The number of benzene rings is 2. The van der Waals surface area contributed by atoms with Gasteiger partial charge in [0, 0.05) is 67.0 Å². The van der Waals surface area contributed by atoms with Crippen LogP contribution in [-0.4, -0.2) is 107 Å². The molecule has 1 aromatic heterocycles. The number of aryl methyl sites for hydroxylation is 1. The number of carbonyl (C=O) groups is 2. The lowest BCUT2D eigenvalue weighted by atomic mass is 10.1. The smallest absolute Gasteiger partial charge is 0.324 e. The Bertz CT molecular complexity index is 1480. The third kappa shape index (κ3) is 7.36. The molecule has 2 aliphatic rings. The fraction of sp³-hybridized carbons (Fsp3) is 0.448. The average molecular weight is 614 g/mol. The molecule has 0 spiro atoms. The number of halogens is 1. The molecule has 5 rings (SSSR count). The number of morpholine rings is 2. The minimum atomic E-state index is -0.568. The summed E-state index contributed by atoms with van der Waals surface area (Å²) in [4.78, 5) is 39.4. The summed E-state index contributed by atoms with van der Waals surface area (Å²) in [6, 6.07) is 5.84. The molecule has 2 saturated heterocycles. The van der Waals surface area contributed by atoms with Crippen molar-refractivity contribution in [1.82, 2.24) is 20.2 Å². The molecular formula is C29H36ClN7O6. The van der Waals surface area contributed by atoms with Gasteiger partial charge in [-0.1, -0.05) is 11.6 Å². The van der Waals surface area contributed by atoms with E-state index in [0.717, 1.165) is 25.2 Å². The Hall–Kier alpha value is -3.91. The van der Waals surface area contributed by atoms with Crippen LogP contribution in [0.4, 0.5) is 22.2 Å². The number of carbonyl (C=O) groups excluding carboxylic acids is 2. The molecule has 0 aliphatic carbocycles. The van der Waals surface area contributed by atoms with Gasteiger partial charge < -0.3 is 34.5 Å². The molecule has 2 aromatic carbocycles. The number of rotatable bonds is 9. The van der Waals surface area contributed by atoms with Crippen molar-refractivity contribution in [3.05, 3.63) is 40.4 Å². The van der Waals surface area contributed by atoms with Crippen LogP contribution in [0.2, 0.25) is 5.02 Å². The summed E-state index contributed by atoms with van der Waals surface area (Å²) in [5.41, 5.74) is 2.04. The largest absolute Gasteiger partial charge is 0.493 e. The highest BCUT2D eigenvalue weighted by Crippen LogP contribution is 2.39. The Kier molecular flexibility index (Phi) is 9.97. The van der Waals surface area contributed by atoms with Gasteiger partial charge in [-0.2, -0.15) is 4.98 Å². The summed E-state index contributed by atoms with van der Waals surface area (Å²) in [5.74, 6) is 1.52. The third-order valence-corrected chi connectivity index (χ3v) is 7.49. The number of ether oxygens (including phenoxy) is 4. The summed E-state index contributed by atoms with van der Waals surface area (Å²) in [6.07, 6.45) is 0.